The number of fused-ring (bicyclic) bond motifs is 3. The van der Waals surface area contributed by atoms with E-state index in [0.29, 0.717) is 11.1 Å². The second-order valence-corrected chi connectivity index (χ2v) is 17.9. The van der Waals surface area contributed by atoms with Crippen LogP contribution in [0.25, 0.3) is 11.1 Å². The average molecular weight is 807 g/mol. The second-order valence-electron chi connectivity index (χ2n) is 17.9. The zero-order valence-corrected chi connectivity index (χ0v) is 36.9. The Kier molecular flexibility index (Phi) is 12.2. The molecule has 2 aliphatic carbocycles. The van der Waals surface area contributed by atoms with E-state index in [9.17, 15) is 19.8 Å². The normalized spacial score (nSPS) is 18.7. The van der Waals surface area contributed by atoms with Crippen LogP contribution in [-0.2, 0) is 20.4 Å². The molecule has 60 heavy (non-hydrogen) atoms. The number of hydrogen-bond donors (Lipinski definition) is 2. The minimum atomic E-state index is -0.588. The molecule has 0 atom stereocenters. The lowest BCUT2D eigenvalue weighted by atomic mass is 9.74. The molecule has 7 rings (SSSR count). The van der Waals surface area contributed by atoms with Crippen molar-refractivity contribution in [3.05, 3.63) is 118 Å². The van der Waals surface area contributed by atoms with Crippen LogP contribution < -0.4 is 30.0 Å². The van der Waals surface area contributed by atoms with E-state index < -0.39 is 10.8 Å². The van der Waals surface area contributed by atoms with Crippen molar-refractivity contribution in [3.63, 3.8) is 0 Å². The Balaban J connectivity index is 1.12. The summed E-state index contributed by atoms with van der Waals surface area (Å²) in [6.07, 6.45) is 12.4. The minimum Gasteiger partial charge on any atom is -0.871 e. The number of allylic oxidation sites excluding steroid dienone is 6. The van der Waals surface area contributed by atoms with Crippen LogP contribution in [0.4, 0.5) is 22.7 Å². The molecule has 2 aliphatic heterocycles. The third kappa shape index (κ3) is 7.58. The Bertz CT molecular complexity index is 2350. The van der Waals surface area contributed by atoms with E-state index >= 15 is 0 Å². The van der Waals surface area contributed by atoms with Gasteiger partial charge < -0.3 is 20.0 Å². The molecule has 0 bridgehead atoms. The molecule has 0 radical (unpaired) electrons. The summed E-state index contributed by atoms with van der Waals surface area (Å²) in [5.41, 5.74) is 8.67. The Hall–Kier alpha value is -5.50. The maximum atomic E-state index is 13.6. The molecule has 0 aromatic heterocycles. The van der Waals surface area contributed by atoms with Crippen LogP contribution >= 0.6 is 0 Å². The third-order valence-electron chi connectivity index (χ3n) is 13.0. The van der Waals surface area contributed by atoms with E-state index in [1.807, 2.05) is 54.6 Å². The van der Waals surface area contributed by atoms with Crippen molar-refractivity contribution in [3.8, 4) is 0 Å². The van der Waals surface area contributed by atoms with Crippen LogP contribution in [0.3, 0.4) is 0 Å². The van der Waals surface area contributed by atoms with Crippen molar-refractivity contribution >= 4 is 56.9 Å². The van der Waals surface area contributed by atoms with Crippen molar-refractivity contribution in [2.45, 2.75) is 118 Å². The number of anilines is 2. The van der Waals surface area contributed by atoms with E-state index in [1.165, 1.54) is 0 Å². The Morgan fingerprint density at radius 3 is 1.33 bits per heavy atom. The molecule has 3 aromatic rings. The summed E-state index contributed by atoms with van der Waals surface area (Å²) in [6.45, 7) is 21.1. The lowest BCUT2D eigenvalue weighted by molar-refractivity contribution is -0.357. The SMILES string of the molecule is CCCCN(CCCC)c1ccc(C2=C([O-])/C(=C/C3=[NH+]c4ccc5c(c4C3(C)C)[NH+]=C(/C=C3/C(=O)C(c4ccc(N(CCCC)CCCC)cc4)=C3[O-])C5(C)C)C2=O)cc1. The minimum absolute atomic E-state index is 0.181. The van der Waals surface area contributed by atoms with Gasteiger partial charge in [0.15, 0.2) is 23.0 Å². The Labute approximate surface area is 356 Å². The van der Waals surface area contributed by atoms with Gasteiger partial charge in [-0.15, -0.1) is 0 Å². The largest absolute Gasteiger partial charge is 0.871 e. The predicted molar refractivity (Wildman–Crippen MR) is 241 cm³/mol. The van der Waals surface area contributed by atoms with Crippen molar-refractivity contribution in [1.82, 2.24) is 0 Å². The number of ketones is 2. The molecule has 0 amide bonds. The van der Waals surface area contributed by atoms with Crippen molar-refractivity contribution in [2.75, 3.05) is 36.0 Å². The first-order valence-corrected chi connectivity index (χ1v) is 22.3. The summed E-state index contributed by atoms with van der Waals surface area (Å²) >= 11 is 0. The van der Waals surface area contributed by atoms with Gasteiger partial charge in [-0.3, -0.25) is 9.59 Å². The molecular weight excluding hydrogens is 745 g/mol. The first kappa shape index (κ1) is 42.6. The van der Waals surface area contributed by atoms with Gasteiger partial charge in [-0.25, -0.2) is 9.98 Å². The van der Waals surface area contributed by atoms with Gasteiger partial charge in [0, 0.05) is 83.6 Å². The average Bonchev–Trinajstić information content (AvgIpc) is 3.66. The van der Waals surface area contributed by atoms with Crippen LogP contribution in [0.1, 0.15) is 129 Å². The molecule has 0 saturated heterocycles. The predicted octanol–water partition coefficient (Wildman–Crippen LogP) is 5.95. The first-order valence-electron chi connectivity index (χ1n) is 22.3. The molecule has 0 saturated carbocycles. The highest BCUT2D eigenvalue weighted by atomic mass is 16.3. The fraction of sp³-hybridized carbons (Fsp3) is 0.423. The van der Waals surface area contributed by atoms with Gasteiger partial charge in [0.1, 0.15) is 5.56 Å². The molecule has 314 valence electrons. The lowest BCUT2D eigenvalue weighted by Crippen LogP contribution is -2.66. The zero-order valence-electron chi connectivity index (χ0n) is 36.9. The van der Waals surface area contributed by atoms with Crippen LogP contribution in [-0.4, -0.2) is 49.2 Å². The van der Waals surface area contributed by atoms with Crippen LogP contribution in [0, 0.1) is 0 Å². The van der Waals surface area contributed by atoms with E-state index in [2.05, 4.69) is 81.2 Å². The molecule has 8 nitrogen and oxygen atoms in total. The molecule has 3 aromatic carbocycles. The highest BCUT2D eigenvalue weighted by molar-refractivity contribution is 6.40. The van der Waals surface area contributed by atoms with Gasteiger partial charge in [-0.2, -0.15) is 0 Å². The number of nitrogens with zero attached hydrogens (tertiary/aromatic N) is 2. The van der Waals surface area contributed by atoms with Gasteiger partial charge in [-0.05, 0) is 94.8 Å². The molecule has 4 aliphatic rings. The number of Topliss-reactive ketones (excluding diaryl/α,β-unsaturated/α-hetero) is 2. The molecule has 8 heteroatoms. The topological polar surface area (TPSA) is 115 Å². The van der Waals surface area contributed by atoms with E-state index in [1.54, 1.807) is 12.2 Å². The summed E-state index contributed by atoms with van der Waals surface area (Å²) in [7, 11) is 0. The maximum absolute atomic E-state index is 13.6. The Morgan fingerprint density at radius 2 is 0.950 bits per heavy atom. The second kappa shape index (κ2) is 17.2. The number of hydrogen-bond acceptors (Lipinski definition) is 6. The number of unbranched alkanes of at least 4 members (excludes halogenated alkanes) is 4. The number of carbonyl (C=O) groups excluding carboxylic acids is 2. The van der Waals surface area contributed by atoms with Crippen LogP contribution in [0.2, 0.25) is 0 Å². The monoisotopic (exact) mass is 806 g/mol. The summed E-state index contributed by atoms with van der Waals surface area (Å²) in [4.78, 5) is 39.2. The van der Waals surface area contributed by atoms with E-state index in [-0.39, 0.29) is 45.4 Å². The maximum Gasteiger partial charge on any atom is 0.219 e. The third-order valence-corrected chi connectivity index (χ3v) is 13.0. The number of rotatable bonds is 18. The smallest absolute Gasteiger partial charge is 0.219 e. The van der Waals surface area contributed by atoms with Crippen LogP contribution in [0.5, 0.6) is 0 Å². The number of nitrogens with one attached hydrogen (secondary N) is 2. The first-order chi connectivity index (χ1) is 28.8. The summed E-state index contributed by atoms with van der Waals surface area (Å²) < 4.78 is 0. The van der Waals surface area contributed by atoms with Crippen molar-refractivity contribution in [2.24, 2.45) is 0 Å². The highest BCUT2D eigenvalue weighted by Gasteiger charge is 2.51. The van der Waals surface area contributed by atoms with Crippen LogP contribution in [0.15, 0.2) is 95.5 Å². The number of carbonyl (C=O) groups is 2. The highest BCUT2D eigenvalue weighted by Crippen LogP contribution is 2.45. The molecule has 2 N–H and O–H groups in total. The number of benzene rings is 3. The van der Waals surface area contributed by atoms with E-state index in [4.69, 9.17) is 0 Å². The fourth-order valence-corrected chi connectivity index (χ4v) is 9.03. The molecular formula is C52H62N4O4. The quantitative estimate of drug-likeness (QED) is 0.154. The van der Waals surface area contributed by atoms with Gasteiger partial charge in [0.05, 0.1) is 10.8 Å². The van der Waals surface area contributed by atoms with Gasteiger partial charge >= 0.3 is 0 Å². The fourth-order valence-electron chi connectivity index (χ4n) is 9.03. The Morgan fingerprint density at radius 1 is 0.550 bits per heavy atom. The van der Waals surface area contributed by atoms with Gasteiger partial charge in [-0.1, -0.05) is 89.2 Å². The summed E-state index contributed by atoms with van der Waals surface area (Å²) in [6, 6.07) is 19.8. The molecule has 0 unspecified atom stereocenters. The standard InChI is InChI=1S/C52H62N4O4/c1-9-13-27-55(28-14-10-2)35-21-17-33(18-22-35)43-47(57)37(48(43)58)31-41-51(5,6)39-25-26-40-45(46(39)54-41)52(7,8)42(53-40)32-38-49(59)44(50(38)60)34-19-23-36(24-20-34)56(29-15-11-3)30-16-12-4/h17-26,31-32,57,59H,9-16,27-30H2,1-8H3/b37-31+,38-32-. The molecule has 0 fully saturated rings. The lowest BCUT2D eigenvalue weighted by Gasteiger charge is -2.31. The molecule has 2 heterocycles. The van der Waals surface area contributed by atoms with Crippen molar-refractivity contribution in [1.29, 1.82) is 0 Å². The summed E-state index contributed by atoms with van der Waals surface area (Å²) in [5.74, 6) is -0.950. The molecule has 0 spiro atoms. The van der Waals surface area contributed by atoms with Gasteiger partial charge in [0.2, 0.25) is 11.4 Å². The van der Waals surface area contributed by atoms with Crippen molar-refractivity contribution < 1.29 is 29.8 Å². The summed E-state index contributed by atoms with van der Waals surface area (Å²) in [5, 5.41) is 27.3. The van der Waals surface area contributed by atoms with E-state index in [0.717, 1.165) is 123 Å². The van der Waals surface area contributed by atoms with Gasteiger partial charge in [0.25, 0.3) is 0 Å². The zero-order chi connectivity index (χ0) is 42.9.